The van der Waals surface area contributed by atoms with Crippen molar-refractivity contribution in [3.8, 4) is 0 Å². The first-order valence-corrected chi connectivity index (χ1v) is 17.3. The molecule has 0 saturated heterocycles. The summed E-state index contributed by atoms with van der Waals surface area (Å²) in [5.41, 5.74) is 0. The van der Waals surface area contributed by atoms with Gasteiger partial charge in [0.2, 0.25) is 0 Å². The summed E-state index contributed by atoms with van der Waals surface area (Å²) in [6.45, 7) is 2.29. The van der Waals surface area contributed by atoms with Gasteiger partial charge >= 0.3 is 0 Å². The van der Waals surface area contributed by atoms with Gasteiger partial charge in [0.25, 0.3) is 0 Å². The van der Waals surface area contributed by atoms with Crippen molar-refractivity contribution in [1.82, 2.24) is 0 Å². The van der Waals surface area contributed by atoms with Gasteiger partial charge in [-0.3, -0.25) is 0 Å². The van der Waals surface area contributed by atoms with Gasteiger partial charge in [0.1, 0.15) is 0 Å². The lowest BCUT2D eigenvalue weighted by Crippen LogP contribution is -2.05. The van der Waals surface area contributed by atoms with E-state index in [0.29, 0.717) is 0 Å². The van der Waals surface area contributed by atoms with Crippen LogP contribution in [-0.2, 0) is 0 Å². The minimum absolute atomic E-state index is 0.0491. The Bertz CT molecular complexity index is 408. The Morgan fingerprint density at radius 3 is 1.11 bits per heavy atom. The van der Waals surface area contributed by atoms with E-state index in [-0.39, 0.29) is 6.10 Å². The summed E-state index contributed by atoms with van der Waals surface area (Å²) in [4.78, 5) is 0. The molecule has 215 valence electrons. The second-order valence-corrected chi connectivity index (χ2v) is 11.9. The Hall–Kier alpha value is 0.0500. The standard InChI is InChI=1S/C34H67OS/c1-2-3-4-5-6-7-8-9-13-16-19-22-25-28-31-34(35)32-29-26-23-20-17-14-11-10-12-15-18-21-24-27-30-33-36/h10-11,34-35H,2-9,12-33H2,1H3/b11-10-. The molecule has 0 aromatic rings. The number of unbranched alkanes of at least 4 members (excludes halogenated alkanes) is 24. The number of hydrogen-bond acceptors (Lipinski definition) is 1. The molecule has 0 rings (SSSR count). The van der Waals surface area contributed by atoms with Crippen LogP contribution in [0.1, 0.15) is 193 Å². The van der Waals surface area contributed by atoms with Crippen LogP contribution in [-0.4, -0.2) is 17.0 Å². The molecule has 0 saturated carbocycles. The fraction of sp³-hybridized carbons (Fsp3) is 0.941. The molecule has 0 spiro atoms. The van der Waals surface area contributed by atoms with E-state index in [2.05, 4.69) is 19.1 Å². The molecule has 0 aromatic heterocycles. The SMILES string of the molecule is CCCCCCCCCCCCCCCCC(O)CCCCCCC/C=C\CCCCCCCC[S]. The van der Waals surface area contributed by atoms with E-state index in [0.717, 1.165) is 18.6 Å². The molecule has 1 N–H and O–H groups in total. The van der Waals surface area contributed by atoms with Crippen molar-refractivity contribution in [2.75, 3.05) is 5.75 Å². The lowest BCUT2D eigenvalue weighted by Gasteiger charge is -2.10. The Morgan fingerprint density at radius 1 is 0.444 bits per heavy atom. The fourth-order valence-electron chi connectivity index (χ4n) is 5.20. The quantitative estimate of drug-likeness (QED) is 0.0707. The highest BCUT2D eigenvalue weighted by Crippen LogP contribution is 2.16. The van der Waals surface area contributed by atoms with E-state index in [9.17, 15) is 5.11 Å². The van der Waals surface area contributed by atoms with Crippen molar-refractivity contribution in [2.24, 2.45) is 0 Å². The predicted molar refractivity (Wildman–Crippen MR) is 167 cm³/mol. The van der Waals surface area contributed by atoms with Gasteiger partial charge in [-0.25, -0.2) is 0 Å². The molecule has 0 heterocycles. The number of aliphatic hydroxyl groups excluding tert-OH is 1. The topological polar surface area (TPSA) is 20.2 Å². The molecular weight excluding hydrogens is 456 g/mol. The average Bonchev–Trinajstić information content (AvgIpc) is 2.88. The number of hydrogen-bond donors (Lipinski definition) is 1. The first kappa shape index (κ1) is 36.0. The molecule has 36 heavy (non-hydrogen) atoms. The third-order valence-electron chi connectivity index (χ3n) is 7.73. The molecule has 0 aliphatic rings. The first-order chi connectivity index (χ1) is 17.8. The van der Waals surface area contributed by atoms with Crippen LogP contribution in [0.4, 0.5) is 0 Å². The van der Waals surface area contributed by atoms with Gasteiger partial charge in [0, 0.05) is 5.75 Å². The number of allylic oxidation sites excluding steroid dienone is 2. The molecule has 0 amide bonds. The van der Waals surface area contributed by atoms with E-state index in [1.165, 1.54) is 173 Å². The molecule has 1 atom stereocenters. The lowest BCUT2D eigenvalue weighted by molar-refractivity contribution is 0.147. The van der Waals surface area contributed by atoms with Crippen LogP contribution in [0.25, 0.3) is 0 Å². The van der Waals surface area contributed by atoms with Crippen molar-refractivity contribution < 1.29 is 5.11 Å². The van der Waals surface area contributed by atoms with Gasteiger partial charge in [0.15, 0.2) is 0 Å². The molecule has 1 unspecified atom stereocenters. The summed E-state index contributed by atoms with van der Waals surface area (Å²) in [5, 5.41) is 10.2. The largest absolute Gasteiger partial charge is 0.393 e. The minimum atomic E-state index is -0.0491. The monoisotopic (exact) mass is 523 g/mol. The molecule has 0 bridgehead atoms. The van der Waals surface area contributed by atoms with Crippen LogP contribution >= 0.6 is 12.6 Å². The van der Waals surface area contributed by atoms with Crippen LogP contribution in [0.15, 0.2) is 12.2 Å². The zero-order valence-corrected chi connectivity index (χ0v) is 25.6. The smallest absolute Gasteiger partial charge is 0.0540 e. The van der Waals surface area contributed by atoms with Crippen LogP contribution < -0.4 is 0 Å². The lowest BCUT2D eigenvalue weighted by atomic mass is 10.0. The third-order valence-corrected chi connectivity index (χ3v) is 8.02. The minimum Gasteiger partial charge on any atom is -0.393 e. The number of aliphatic hydroxyl groups is 1. The van der Waals surface area contributed by atoms with Crippen molar-refractivity contribution in [3.63, 3.8) is 0 Å². The highest BCUT2D eigenvalue weighted by Gasteiger charge is 2.03. The van der Waals surface area contributed by atoms with Crippen LogP contribution in [0.2, 0.25) is 0 Å². The normalized spacial score (nSPS) is 12.6. The van der Waals surface area contributed by atoms with Gasteiger partial charge in [-0.2, -0.15) is 0 Å². The van der Waals surface area contributed by atoms with E-state index in [1.54, 1.807) is 0 Å². The van der Waals surface area contributed by atoms with E-state index >= 15 is 0 Å². The zero-order chi connectivity index (χ0) is 26.2. The Labute approximate surface area is 234 Å². The fourth-order valence-corrected chi connectivity index (χ4v) is 5.40. The molecular formula is C34H67OS. The van der Waals surface area contributed by atoms with E-state index in [1.807, 2.05) is 0 Å². The first-order valence-electron chi connectivity index (χ1n) is 16.7. The molecule has 1 nitrogen and oxygen atoms in total. The summed E-state index contributed by atoms with van der Waals surface area (Å²) in [6, 6.07) is 0. The molecule has 0 aliphatic heterocycles. The highest BCUT2D eigenvalue weighted by molar-refractivity contribution is 7.80. The Balaban J connectivity index is 3.18. The zero-order valence-electron chi connectivity index (χ0n) is 24.8. The van der Waals surface area contributed by atoms with Gasteiger partial charge in [-0.05, 0) is 44.9 Å². The Morgan fingerprint density at radius 2 is 0.750 bits per heavy atom. The van der Waals surface area contributed by atoms with Crippen molar-refractivity contribution in [3.05, 3.63) is 12.2 Å². The molecule has 2 heteroatoms. The Kier molecular flexibility index (Phi) is 33.1. The van der Waals surface area contributed by atoms with Crippen molar-refractivity contribution in [1.29, 1.82) is 0 Å². The molecule has 0 aliphatic carbocycles. The highest BCUT2D eigenvalue weighted by atomic mass is 32.1. The van der Waals surface area contributed by atoms with Crippen LogP contribution in [0, 0.1) is 0 Å². The summed E-state index contributed by atoms with van der Waals surface area (Å²) in [5.74, 6) is 0.935. The van der Waals surface area contributed by atoms with Crippen LogP contribution in [0.5, 0.6) is 0 Å². The maximum Gasteiger partial charge on any atom is 0.0540 e. The molecule has 1 radical (unpaired) electrons. The van der Waals surface area contributed by atoms with Gasteiger partial charge in [-0.15, -0.1) is 0 Å². The van der Waals surface area contributed by atoms with Crippen molar-refractivity contribution >= 4 is 12.6 Å². The average molecular weight is 524 g/mol. The molecule has 0 fully saturated rings. The number of rotatable bonds is 31. The van der Waals surface area contributed by atoms with Gasteiger partial charge in [-0.1, -0.05) is 173 Å². The van der Waals surface area contributed by atoms with Gasteiger partial charge < -0.3 is 5.11 Å². The van der Waals surface area contributed by atoms with Crippen LogP contribution in [0.3, 0.4) is 0 Å². The maximum absolute atomic E-state index is 10.2. The second kappa shape index (κ2) is 33.1. The predicted octanol–water partition coefficient (Wildman–Crippen LogP) is 12.4. The van der Waals surface area contributed by atoms with Crippen molar-refractivity contribution in [2.45, 2.75) is 199 Å². The summed E-state index contributed by atoms with van der Waals surface area (Å²) in [7, 11) is 0. The second-order valence-electron chi connectivity index (χ2n) is 11.5. The summed E-state index contributed by atoms with van der Waals surface area (Å²) in [6.07, 6.45) is 43.5. The maximum atomic E-state index is 10.2. The van der Waals surface area contributed by atoms with E-state index < -0.39 is 0 Å². The third kappa shape index (κ3) is 32.1. The summed E-state index contributed by atoms with van der Waals surface area (Å²) >= 11 is 4.99. The van der Waals surface area contributed by atoms with Gasteiger partial charge in [0.05, 0.1) is 6.10 Å². The summed E-state index contributed by atoms with van der Waals surface area (Å²) < 4.78 is 0. The molecule has 0 aromatic carbocycles. The van der Waals surface area contributed by atoms with E-state index in [4.69, 9.17) is 12.6 Å².